The largest absolute Gasteiger partial charge is 0.341 e. The highest BCUT2D eigenvalue weighted by atomic mass is 32.2. The van der Waals surface area contributed by atoms with E-state index in [2.05, 4.69) is 25.7 Å². The van der Waals surface area contributed by atoms with Crippen molar-refractivity contribution in [3.05, 3.63) is 30.3 Å². The number of amides is 1. The van der Waals surface area contributed by atoms with Gasteiger partial charge in [-0.1, -0.05) is 30.0 Å². The average molecular weight is 411 g/mol. The van der Waals surface area contributed by atoms with Crippen LogP contribution in [0.15, 0.2) is 35.5 Å². The summed E-state index contributed by atoms with van der Waals surface area (Å²) in [5, 5.41) is 18.4. The molecule has 7 nitrogen and oxygen atoms in total. The molecular weight excluding hydrogens is 384 g/mol. The number of aromatic nitrogens is 3. The molecule has 1 saturated heterocycles. The third-order valence-corrected chi connectivity index (χ3v) is 6.40. The van der Waals surface area contributed by atoms with Crippen molar-refractivity contribution in [1.82, 2.24) is 14.8 Å². The van der Waals surface area contributed by atoms with E-state index in [4.69, 9.17) is 5.26 Å². The summed E-state index contributed by atoms with van der Waals surface area (Å²) in [6.45, 7) is 4.36. The number of carbonyl (C=O) groups excluding carboxylic acids is 1. The van der Waals surface area contributed by atoms with Crippen LogP contribution in [-0.4, -0.2) is 45.6 Å². The minimum Gasteiger partial charge on any atom is -0.341 e. The Morgan fingerprint density at radius 1 is 1.28 bits per heavy atom. The zero-order chi connectivity index (χ0) is 20.2. The molecule has 0 radical (unpaired) electrons. The number of anilines is 2. The van der Waals surface area contributed by atoms with E-state index in [1.165, 1.54) is 24.6 Å². The van der Waals surface area contributed by atoms with E-state index in [1.807, 2.05) is 37.3 Å². The molecule has 1 atom stereocenters. The van der Waals surface area contributed by atoms with Crippen LogP contribution in [0.5, 0.6) is 0 Å². The molecule has 1 aliphatic heterocycles. The van der Waals surface area contributed by atoms with Gasteiger partial charge in [-0.2, -0.15) is 5.26 Å². The molecule has 0 bridgehead atoms. The van der Waals surface area contributed by atoms with Crippen molar-refractivity contribution in [3.63, 3.8) is 0 Å². The van der Waals surface area contributed by atoms with E-state index in [0.717, 1.165) is 42.7 Å². The van der Waals surface area contributed by atoms with Gasteiger partial charge in [-0.3, -0.25) is 9.36 Å². The molecular formula is C21H26N6OS. The Morgan fingerprint density at radius 3 is 2.66 bits per heavy atom. The summed E-state index contributed by atoms with van der Waals surface area (Å²) in [5.74, 6) is 0.945. The predicted molar refractivity (Wildman–Crippen MR) is 114 cm³/mol. The van der Waals surface area contributed by atoms with E-state index in [-0.39, 0.29) is 11.2 Å². The maximum atomic E-state index is 13.2. The standard InChI is InChI=1S/C21H26N6OS/c1-16(19(28)26(15-7-12-22)17-8-3-2-4-9-17)29-21-24-23-20(25-13-5-6-14-25)27(21)18-10-11-18/h2-4,8-9,16,18H,5-7,10-11,13-15H2,1H3. The van der Waals surface area contributed by atoms with Crippen LogP contribution in [0.3, 0.4) is 0 Å². The van der Waals surface area contributed by atoms with Crippen LogP contribution >= 0.6 is 11.8 Å². The summed E-state index contributed by atoms with van der Waals surface area (Å²) >= 11 is 1.47. The van der Waals surface area contributed by atoms with E-state index < -0.39 is 0 Å². The molecule has 8 heteroatoms. The van der Waals surface area contributed by atoms with Crippen molar-refractivity contribution in [2.24, 2.45) is 0 Å². The van der Waals surface area contributed by atoms with Crippen molar-refractivity contribution < 1.29 is 4.79 Å². The van der Waals surface area contributed by atoms with Gasteiger partial charge in [0.1, 0.15) is 0 Å². The van der Waals surface area contributed by atoms with Crippen LogP contribution in [0.4, 0.5) is 11.6 Å². The van der Waals surface area contributed by atoms with Gasteiger partial charge in [0, 0.05) is 31.4 Å². The zero-order valence-electron chi connectivity index (χ0n) is 16.7. The van der Waals surface area contributed by atoms with Gasteiger partial charge >= 0.3 is 0 Å². The fraction of sp³-hybridized carbons (Fsp3) is 0.524. The maximum absolute atomic E-state index is 13.2. The molecule has 1 unspecified atom stereocenters. The highest BCUT2D eigenvalue weighted by Gasteiger charge is 2.34. The Labute approximate surface area is 175 Å². The second-order valence-electron chi connectivity index (χ2n) is 7.57. The molecule has 1 amide bonds. The third kappa shape index (κ3) is 4.40. The third-order valence-electron chi connectivity index (χ3n) is 5.36. The number of nitriles is 1. The van der Waals surface area contributed by atoms with Crippen molar-refractivity contribution >= 4 is 29.3 Å². The summed E-state index contributed by atoms with van der Waals surface area (Å²) in [7, 11) is 0. The number of thioether (sulfide) groups is 1. The van der Waals surface area contributed by atoms with Gasteiger partial charge in [0.25, 0.3) is 0 Å². The van der Waals surface area contributed by atoms with Gasteiger partial charge in [0.15, 0.2) is 5.16 Å². The average Bonchev–Trinajstić information content (AvgIpc) is 3.26. The van der Waals surface area contributed by atoms with Crippen LogP contribution in [0, 0.1) is 11.3 Å². The van der Waals surface area contributed by atoms with E-state index in [1.54, 1.807) is 4.90 Å². The number of para-hydroxylation sites is 1. The number of rotatable bonds is 8. The topological polar surface area (TPSA) is 78.1 Å². The SMILES string of the molecule is CC(Sc1nnc(N2CCCC2)n1C1CC1)C(=O)N(CCC#N)c1ccccc1. The first-order chi connectivity index (χ1) is 14.2. The number of hydrogen-bond acceptors (Lipinski definition) is 6. The van der Waals surface area contributed by atoms with Crippen LogP contribution in [0.1, 0.15) is 45.1 Å². The van der Waals surface area contributed by atoms with E-state index in [9.17, 15) is 4.79 Å². The summed E-state index contributed by atoms with van der Waals surface area (Å²) < 4.78 is 2.24. The molecule has 0 N–H and O–H groups in total. The van der Waals surface area contributed by atoms with Crippen LogP contribution in [0.2, 0.25) is 0 Å². The number of benzene rings is 1. The van der Waals surface area contributed by atoms with Crippen LogP contribution in [-0.2, 0) is 4.79 Å². The molecule has 2 aromatic rings. The lowest BCUT2D eigenvalue weighted by molar-refractivity contribution is -0.117. The minimum absolute atomic E-state index is 0.00970. The van der Waals surface area contributed by atoms with Gasteiger partial charge in [-0.15, -0.1) is 10.2 Å². The lowest BCUT2D eigenvalue weighted by atomic mass is 10.2. The van der Waals surface area contributed by atoms with Crippen molar-refractivity contribution in [2.75, 3.05) is 29.4 Å². The molecule has 2 aliphatic rings. The van der Waals surface area contributed by atoms with Gasteiger partial charge in [-0.25, -0.2) is 0 Å². The maximum Gasteiger partial charge on any atom is 0.240 e. The number of carbonyl (C=O) groups is 1. The van der Waals surface area contributed by atoms with E-state index in [0.29, 0.717) is 19.0 Å². The molecule has 152 valence electrons. The predicted octanol–water partition coefficient (Wildman–Crippen LogP) is 3.64. The summed E-state index contributed by atoms with van der Waals surface area (Å²) in [6.07, 6.45) is 4.98. The molecule has 29 heavy (non-hydrogen) atoms. The highest BCUT2D eigenvalue weighted by Crippen LogP contribution is 2.42. The summed E-state index contributed by atoms with van der Waals surface area (Å²) in [6, 6.07) is 12.2. The Balaban J connectivity index is 1.53. The Kier molecular flexibility index (Phi) is 6.05. The lowest BCUT2D eigenvalue weighted by Crippen LogP contribution is -2.37. The Hall–Kier alpha value is -2.53. The van der Waals surface area contributed by atoms with Crippen LogP contribution in [0.25, 0.3) is 0 Å². The molecule has 2 heterocycles. The van der Waals surface area contributed by atoms with Gasteiger partial charge in [-0.05, 0) is 44.7 Å². The first-order valence-electron chi connectivity index (χ1n) is 10.3. The van der Waals surface area contributed by atoms with Crippen molar-refractivity contribution in [2.45, 2.75) is 55.5 Å². The lowest BCUT2D eigenvalue weighted by Gasteiger charge is -2.25. The summed E-state index contributed by atoms with van der Waals surface area (Å²) in [5.41, 5.74) is 0.821. The van der Waals surface area contributed by atoms with Crippen molar-refractivity contribution in [1.29, 1.82) is 5.26 Å². The van der Waals surface area contributed by atoms with Gasteiger partial charge in [0.2, 0.25) is 11.9 Å². The fourth-order valence-electron chi connectivity index (χ4n) is 3.70. The van der Waals surface area contributed by atoms with E-state index >= 15 is 0 Å². The highest BCUT2D eigenvalue weighted by molar-refractivity contribution is 8.00. The molecule has 4 rings (SSSR count). The zero-order valence-corrected chi connectivity index (χ0v) is 17.5. The quantitative estimate of drug-likeness (QED) is 0.618. The van der Waals surface area contributed by atoms with Crippen molar-refractivity contribution in [3.8, 4) is 6.07 Å². The first kappa shape index (κ1) is 19.8. The number of nitrogens with zero attached hydrogens (tertiary/aromatic N) is 6. The molecule has 1 aliphatic carbocycles. The molecule has 0 spiro atoms. The fourth-order valence-corrected chi connectivity index (χ4v) is 4.68. The minimum atomic E-state index is -0.318. The number of hydrogen-bond donors (Lipinski definition) is 0. The second kappa shape index (κ2) is 8.87. The molecule has 2 fully saturated rings. The first-order valence-corrected chi connectivity index (χ1v) is 11.2. The second-order valence-corrected chi connectivity index (χ2v) is 8.88. The summed E-state index contributed by atoms with van der Waals surface area (Å²) in [4.78, 5) is 17.3. The van der Waals surface area contributed by atoms with Gasteiger partial charge < -0.3 is 9.80 Å². The van der Waals surface area contributed by atoms with Gasteiger partial charge in [0.05, 0.1) is 17.7 Å². The molecule has 1 saturated carbocycles. The monoisotopic (exact) mass is 410 g/mol. The Bertz CT molecular complexity index is 882. The smallest absolute Gasteiger partial charge is 0.240 e. The Morgan fingerprint density at radius 2 is 2.00 bits per heavy atom. The molecule has 1 aromatic heterocycles. The normalized spacial score (nSPS) is 17.2. The van der Waals surface area contributed by atoms with Crippen LogP contribution < -0.4 is 9.80 Å². The molecule has 1 aromatic carbocycles.